The van der Waals surface area contributed by atoms with E-state index in [0.717, 1.165) is 11.3 Å². The molecule has 0 bridgehead atoms. The van der Waals surface area contributed by atoms with Gasteiger partial charge in [-0.3, -0.25) is 9.88 Å². The molecule has 2 heterocycles. The van der Waals surface area contributed by atoms with Crippen LogP contribution in [-0.4, -0.2) is 17.6 Å². The molecule has 2 rings (SSSR count). The molecule has 4 nitrogen and oxygen atoms in total. The number of pyridine rings is 1. The van der Waals surface area contributed by atoms with Crippen molar-refractivity contribution in [2.45, 2.75) is 0 Å². The van der Waals surface area contributed by atoms with Crippen molar-refractivity contribution in [3.63, 3.8) is 0 Å². The van der Waals surface area contributed by atoms with E-state index in [2.05, 4.69) is 4.98 Å². The van der Waals surface area contributed by atoms with E-state index >= 15 is 0 Å². The summed E-state index contributed by atoms with van der Waals surface area (Å²) in [6.07, 6.45) is 7.17. The van der Waals surface area contributed by atoms with Gasteiger partial charge < -0.3 is 5.73 Å². The molecule has 0 saturated heterocycles. The molecule has 0 aliphatic carbocycles. The van der Waals surface area contributed by atoms with Crippen LogP contribution < -0.4 is 10.6 Å². The zero-order valence-corrected chi connectivity index (χ0v) is 6.97. The van der Waals surface area contributed by atoms with Gasteiger partial charge in [0.05, 0.1) is 5.69 Å². The Kier molecular flexibility index (Phi) is 1.73. The van der Waals surface area contributed by atoms with Crippen molar-refractivity contribution in [2.24, 2.45) is 5.73 Å². The van der Waals surface area contributed by atoms with Gasteiger partial charge in [0.25, 0.3) is 0 Å². The zero-order chi connectivity index (χ0) is 9.26. The van der Waals surface area contributed by atoms with Crippen molar-refractivity contribution in [3.8, 4) is 0 Å². The predicted octanol–water partition coefficient (Wildman–Crippen LogP) is 0.994. The first kappa shape index (κ1) is 7.79. The van der Waals surface area contributed by atoms with E-state index < -0.39 is 6.03 Å². The lowest BCUT2D eigenvalue weighted by atomic mass is 10.1. The number of hydrogen-bond acceptors (Lipinski definition) is 2. The van der Waals surface area contributed by atoms with E-state index in [1.807, 2.05) is 12.2 Å². The van der Waals surface area contributed by atoms with Gasteiger partial charge in [-0.1, -0.05) is 12.2 Å². The number of anilines is 1. The molecule has 1 aliphatic heterocycles. The average molecular weight is 175 g/mol. The Hall–Kier alpha value is -1.84. The summed E-state index contributed by atoms with van der Waals surface area (Å²) in [6.45, 7) is 0.534. The first-order valence-corrected chi connectivity index (χ1v) is 3.96. The number of carbonyl (C=O) groups excluding carboxylic acids is 1. The molecule has 13 heavy (non-hydrogen) atoms. The number of rotatable bonds is 0. The van der Waals surface area contributed by atoms with E-state index in [-0.39, 0.29) is 0 Å². The Labute approximate surface area is 75.7 Å². The topological polar surface area (TPSA) is 59.2 Å². The standard InChI is InChI=1S/C9H9N3O/c10-9(13)12-5-1-2-7-6-11-4-3-8(7)12/h1-4,6H,5H2,(H2,10,13). The highest BCUT2D eigenvalue weighted by molar-refractivity contribution is 5.94. The molecule has 0 atom stereocenters. The molecular formula is C9H9N3O. The molecule has 1 aromatic rings. The molecule has 4 heteroatoms. The van der Waals surface area contributed by atoms with Crippen LogP contribution >= 0.6 is 0 Å². The minimum absolute atomic E-state index is 0.434. The Bertz CT molecular complexity index is 373. The lowest BCUT2D eigenvalue weighted by Crippen LogP contribution is -2.37. The molecule has 66 valence electrons. The number of amides is 2. The van der Waals surface area contributed by atoms with Crippen LogP contribution in [0.5, 0.6) is 0 Å². The summed E-state index contributed by atoms with van der Waals surface area (Å²) in [7, 11) is 0. The van der Waals surface area contributed by atoms with Gasteiger partial charge in [0, 0.05) is 24.5 Å². The van der Waals surface area contributed by atoms with Crippen molar-refractivity contribution in [2.75, 3.05) is 11.4 Å². The maximum atomic E-state index is 11.0. The monoisotopic (exact) mass is 175 g/mol. The smallest absolute Gasteiger partial charge is 0.319 e. The molecule has 0 unspecified atom stereocenters. The molecule has 2 N–H and O–H groups in total. The molecule has 0 aromatic carbocycles. The van der Waals surface area contributed by atoms with Gasteiger partial charge >= 0.3 is 6.03 Å². The quantitative estimate of drug-likeness (QED) is 0.639. The molecule has 0 radical (unpaired) electrons. The number of fused-ring (bicyclic) bond motifs is 1. The molecule has 2 amide bonds. The average Bonchev–Trinajstić information content (AvgIpc) is 2.17. The van der Waals surface area contributed by atoms with E-state index in [9.17, 15) is 4.79 Å². The normalized spacial score (nSPS) is 14.0. The van der Waals surface area contributed by atoms with E-state index in [4.69, 9.17) is 5.73 Å². The van der Waals surface area contributed by atoms with Crippen molar-refractivity contribution in [3.05, 3.63) is 30.1 Å². The second-order valence-electron chi connectivity index (χ2n) is 2.79. The van der Waals surface area contributed by atoms with Crippen LogP contribution in [0.15, 0.2) is 24.5 Å². The lowest BCUT2D eigenvalue weighted by Gasteiger charge is -2.23. The first-order valence-electron chi connectivity index (χ1n) is 3.96. The third-order valence-corrected chi connectivity index (χ3v) is 1.97. The fourth-order valence-corrected chi connectivity index (χ4v) is 1.37. The number of nitrogens with two attached hydrogens (primary N) is 1. The number of nitrogens with zero attached hydrogens (tertiary/aromatic N) is 2. The van der Waals surface area contributed by atoms with Crippen molar-refractivity contribution in [1.29, 1.82) is 0 Å². The van der Waals surface area contributed by atoms with Crippen LogP contribution in [0.2, 0.25) is 0 Å². The number of primary amides is 1. The second-order valence-corrected chi connectivity index (χ2v) is 2.79. The predicted molar refractivity (Wildman–Crippen MR) is 50.2 cm³/mol. The summed E-state index contributed by atoms with van der Waals surface area (Å²) >= 11 is 0. The van der Waals surface area contributed by atoms with E-state index in [0.29, 0.717) is 6.54 Å². The summed E-state index contributed by atoms with van der Waals surface area (Å²) in [6, 6.07) is 1.35. The third-order valence-electron chi connectivity index (χ3n) is 1.97. The van der Waals surface area contributed by atoms with E-state index in [1.54, 1.807) is 18.5 Å². The summed E-state index contributed by atoms with van der Waals surface area (Å²) in [4.78, 5) is 16.5. The third kappa shape index (κ3) is 1.26. The van der Waals surface area contributed by atoms with Crippen LogP contribution in [0.4, 0.5) is 10.5 Å². The molecule has 0 fully saturated rings. The molecule has 0 saturated carbocycles. The van der Waals surface area contributed by atoms with Crippen LogP contribution in [0.25, 0.3) is 6.08 Å². The Morgan fingerprint density at radius 3 is 3.23 bits per heavy atom. The highest BCUT2D eigenvalue weighted by Gasteiger charge is 2.16. The lowest BCUT2D eigenvalue weighted by molar-refractivity contribution is 0.254. The number of aromatic nitrogens is 1. The largest absolute Gasteiger partial charge is 0.351 e. The zero-order valence-electron chi connectivity index (χ0n) is 6.97. The van der Waals surface area contributed by atoms with Crippen LogP contribution in [-0.2, 0) is 0 Å². The minimum atomic E-state index is -0.434. The first-order chi connectivity index (χ1) is 6.29. The van der Waals surface area contributed by atoms with Crippen molar-refractivity contribution < 1.29 is 4.79 Å². The van der Waals surface area contributed by atoms with Gasteiger partial charge in [0.2, 0.25) is 0 Å². The summed E-state index contributed by atoms with van der Waals surface area (Å²) in [5.74, 6) is 0. The summed E-state index contributed by atoms with van der Waals surface area (Å²) in [5, 5.41) is 0. The van der Waals surface area contributed by atoms with Crippen LogP contribution in [0.1, 0.15) is 5.56 Å². The highest BCUT2D eigenvalue weighted by Crippen LogP contribution is 2.23. The van der Waals surface area contributed by atoms with Gasteiger partial charge in [0.15, 0.2) is 0 Å². The van der Waals surface area contributed by atoms with Gasteiger partial charge in [-0.25, -0.2) is 4.79 Å². The minimum Gasteiger partial charge on any atom is -0.351 e. The highest BCUT2D eigenvalue weighted by atomic mass is 16.2. The fourth-order valence-electron chi connectivity index (χ4n) is 1.37. The van der Waals surface area contributed by atoms with Gasteiger partial charge in [0.1, 0.15) is 0 Å². The van der Waals surface area contributed by atoms with Crippen molar-refractivity contribution >= 4 is 17.8 Å². The Morgan fingerprint density at radius 1 is 1.62 bits per heavy atom. The number of urea groups is 1. The second kappa shape index (κ2) is 2.90. The Balaban J connectivity index is 2.49. The molecule has 0 spiro atoms. The number of hydrogen-bond donors (Lipinski definition) is 1. The Morgan fingerprint density at radius 2 is 2.46 bits per heavy atom. The summed E-state index contributed by atoms with van der Waals surface area (Å²) < 4.78 is 0. The molecule has 1 aromatic heterocycles. The number of carbonyl (C=O) groups is 1. The molecular weight excluding hydrogens is 166 g/mol. The summed E-state index contributed by atoms with van der Waals surface area (Å²) in [5.41, 5.74) is 6.96. The van der Waals surface area contributed by atoms with Gasteiger partial charge in [-0.15, -0.1) is 0 Å². The van der Waals surface area contributed by atoms with Crippen molar-refractivity contribution in [1.82, 2.24) is 4.98 Å². The van der Waals surface area contributed by atoms with Gasteiger partial charge in [-0.05, 0) is 6.07 Å². The maximum absolute atomic E-state index is 11.0. The maximum Gasteiger partial charge on any atom is 0.319 e. The molecule has 1 aliphatic rings. The van der Waals surface area contributed by atoms with E-state index in [1.165, 1.54) is 4.90 Å². The fraction of sp³-hybridized carbons (Fsp3) is 0.111. The SMILES string of the molecule is NC(=O)N1CC=Cc2cnccc21. The van der Waals surface area contributed by atoms with Crippen LogP contribution in [0, 0.1) is 0 Å². The van der Waals surface area contributed by atoms with Gasteiger partial charge in [-0.2, -0.15) is 0 Å². The van der Waals surface area contributed by atoms with Crippen LogP contribution in [0.3, 0.4) is 0 Å².